The van der Waals surface area contributed by atoms with Crippen LogP contribution in [0.4, 0.5) is 0 Å². The number of carbonyl (C=O) groups is 2. The molecule has 4 aromatic rings. The van der Waals surface area contributed by atoms with Gasteiger partial charge in [-0.15, -0.1) is 29.7 Å². The Bertz CT molecular complexity index is 1390. The Kier molecular flexibility index (Phi) is 9.42. The Labute approximate surface area is 243 Å². The lowest BCUT2D eigenvalue weighted by molar-refractivity contribution is 0.0708. The number of aromatic nitrogens is 2. The monoisotopic (exact) mass is 568 g/mol. The number of nitrogens with one attached hydrogen (secondary N) is 1. The second-order valence-corrected chi connectivity index (χ2v) is 11.6. The molecule has 1 N–H and O–H groups in total. The van der Waals surface area contributed by atoms with Gasteiger partial charge in [-0.2, -0.15) is 0 Å². The van der Waals surface area contributed by atoms with Gasteiger partial charge in [-0.25, -0.2) is 9.97 Å². The zero-order valence-electron chi connectivity index (χ0n) is 22.2. The Morgan fingerprint density at radius 1 is 1.02 bits per heavy atom. The lowest BCUT2D eigenvalue weighted by atomic mass is 9.91. The number of thiazole rings is 1. The van der Waals surface area contributed by atoms with Crippen LogP contribution in [-0.4, -0.2) is 52.1 Å². The normalized spacial score (nSPS) is 13.8. The van der Waals surface area contributed by atoms with Crippen molar-refractivity contribution in [2.24, 2.45) is 0 Å². The number of nitrogens with zero attached hydrogens (tertiary/aromatic N) is 3. The van der Waals surface area contributed by atoms with Crippen molar-refractivity contribution in [1.29, 1.82) is 0 Å². The average Bonchev–Trinajstić information content (AvgIpc) is 3.52. The van der Waals surface area contributed by atoms with Crippen molar-refractivity contribution in [3.63, 3.8) is 0 Å². The number of likely N-dealkylation sites (tertiary alicyclic amines) is 1. The molecule has 6 nitrogen and oxygen atoms in total. The van der Waals surface area contributed by atoms with E-state index in [0.717, 1.165) is 34.0 Å². The largest absolute Gasteiger partial charge is 0.350 e. The quantitative estimate of drug-likeness (QED) is 0.177. The maximum Gasteiger partial charge on any atom is 0.270 e. The molecule has 1 aliphatic heterocycles. The molecule has 204 valence electrons. The third kappa shape index (κ3) is 6.69. The molecule has 2 aromatic carbocycles. The summed E-state index contributed by atoms with van der Waals surface area (Å²) < 4.78 is 0. The van der Waals surface area contributed by atoms with Gasteiger partial charge in [-0.3, -0.25) is 9.59 Å². The molecule has 1 aliphatic rings. The van der Waals surface area contributed by atoms with E-state index >= 15 is 0 Å². The van der Waals surface area contributed by atoms with Gasteiger partial charge >= 0.3 is 0 Å². The average molecular weight is 569 g/mol. The molecule has 1 saturated heterocycles. The summed E-state index contributed by atoms with van der Waals surface area (Å²) in [6, 6.07) is 24.1. The molecule has 8 heteroatoms. The van der Waals surface area contributed by atoms with Gasteiger partial charge < -0.3 is 10.2 Å². The number of benzene rings is 2. The third-order valence-electron chi connectivity index (χ3n) is 7.10. The van der Waals surface area contributed by atoms with Crippen LogP contribution in [0.1, 0.15) is 61.7 Å². The minimum atomic E-state index is -0.159. The van der Waals surface area contributed by atoms with Crippen molar-refractivity contribution in [2.45, 2.75) is 29.7 Å². The van der Waals surface area contributed by atoms with Gasteiger partial charge in [0.1, 0.15) is 10.7 Å². The first-order chi connectivity index (χ1) is 19.6. The Balaban J connectivity index is 1.18. The van der Waals surface area contributed by atoms with E-state index in [-0.39, 0.29) is 23.7 Å². The van der Waals surface area contributed by atoms with Crippen LogP contribution in [0.15, 0.2) is 102 Å². The number of piperidine rings is 1. The highest BCUT2D eigenvalue weighted by Gasteiger charge is 2.28. The van der Waals surface area contributed by atoms with Gasteiger partial charge in [0.2, 0.25) is 0 Å². The molecule has 3 heterocycles. The number of thioether (sulfide) groups is 1. The van der Waals surface area contributed by atoms with Gasteiger partial charge in [0.15, 0.2) is 0 Å². The van der Waals surface area contributed by atoms with Crippen LogP contribution >= 0.6 is 23.1 Å². The van der Waals surface area contributed by atoms with Crippen LogP contribution in [0.25, 0.3) is 0 Å². The predicted octanol–water partition coefficient (Wildman–Crippen LogP) is 6.40. The maximum atomic E-state index is 13.2. The summed E-state index contributed by atoms with van der Waals surface area (Å²) in [6.45, 7) is 5.55. The van der Waals surface area contributed by atoms with Crippen molar-refractivity contribution in [3.05, 3.63) is 124 Å². The summed E-state index contributed by atoms with van der Waals surface area (Å²) >= 11 is 3.05. The molecule has 0 aliphatic carbocycles. The van der Waals surface area contributed by atoms with E-state index in [1.807, 2.05) is 64.9 Å². The molecule has 0 bridgehead atoms. The van der Waals surface area contributed by atoms with Crippen molar-refractivity contribution >= 4 is 34.9 Å². The van der Waals surface area contributed by atoms with Gasteiger partial charge in [0.25, 0.3) is 11.8 Å². The first-order valence-electron chi connectivity index (χ1n) is 13.5. The SMILES string of the molecule is C=CCSc1ncccc1C(=O)N1CCC(c2nc(C(=O)NCC(c3ccccc3)c3ccccc3)cs2)CC1. The summed E-state index contributed by atoms with van der Waals surface area (Å²) in [5.41, 5.74) is 3.42. The van der Waals surface area contributed by atoms with E-state index in [2.05, 4.69) is 41.1 Å². The summed E-state index contributed by atoms with van der Waals surface area (Å²) in [7, 11) is 0. The second kappa shape index (κ2) is 13.5. The number of hydrogen-bond donors (Lipinski definition) is 1. The van der Waals surface area contributed by atoms with Crippen LogP contribution < -0.4 is 5.32 Å². The van der Waals surface area contributed by atoms with Gasteiger partial charge in [0.05, 0.1) is 10.6 Å². The molecule has 0 spiro atoms. The summed E-state index contributed by atoms with van der Waals surface area (Å²) in [5, 5.41) is 6.66. The van der Waals surface area contributed by atoms with E-state index in [9.17, 15) is 9.59 Å². The van der Waals surface area contributed by atoms with Crippen molar-refractivity contribution < 1.29 is 9.59 Å². The smallest absolute Gasteiger partial charge is 0.270 e. The molecule has 0 radical (unpaired) electrons. The molecular weight excluding hydrogens is 537 g/mol. The Morgan fingerprint density at radius 3 is 2.35 bits per heavy atom. The fourth-order valence-corrected chi connectivity index (χ4v) is 6.66. The Morgan fingerprint density at radius 2 is 1.70 bits per heavy atom. The van der Waals surface area contributed by atoms with Crippen molar-refractivity contribution in [3.8, 4) is 0 Å². The van der Waals surface area contributed by atoms with Crippen LogP contribution in [0.3, 0.4) is 0 Å². The minimum absolute atomic E-state index is 0.0173. The number of amides is 2. The van der Waals surface area contributed by atoms with Gasteiger partial charge in [-0.1, -0.05) is 66.7 Å². The fourth-order valence-electron chi connectivity index (χ4n) is 4.97. The van der Waals surface area contributed by atoms with Gasteiger partial charge in [-0.05, 0) is 36.1 Å². The van der Waals surface area contributed by atoms with Crippen molar-refractivity contribution in [2.75, 3.05) is 25.4 Å². The van der Waals surface area contributed by atoms with Crippen LogP contribution in [0, 0.1) is 0 Å². The molecule has 1 fully saturated rings. The molecule has 2 amide bonds. The van der Waals surface area contributed by atoms with Crippen LogP contribution in [0.5, 0.6) is 0 Å². The van der Waals surface area contributed by atoms with Gasteiger partial charge in [0, 0.05) is 48.8 Å². The van der Waals surface area contributed by atoms with E-state index in [0.29, 0.717) is 36.6 Å². The lowest BCUT2D eigenvalue weighted by Crippen LogP contribution is -2.38. The van der Waals surface area contributed by atoms with E-state index in [1.54, 1.807) is 6.20 Å². The molecular formula is C32H32N4O2S2. The number of hydrogen-bond acceptors (Lipinski definition) is 6. The minimum Gasteiger partial charge on any atom is -0.350 e. The number of rotatable bonds is 10. The maximum absolute atomic E-state index is 13.2. The molecule has 5 rings (SSSR count). The highest BCUT2D eigenvalue weighted by molar-refractivity contribution is 7.99. The van der Waals surface area contributed by atoms with E-state index in [4.69, 9.17) is 4.98 Å². The summed E-state index contributed by atoms with van der Waals surface area (Å²) in [4.78, 5) is 37.3. The number of pyridine rings is 1. The second-order valence-electron chi connectivity index (χ2n) is 9.68. The first-order valence-corrected chi connectivity index (χ1v) is 15.3. The molecule has 40 heavy (non-hydrogen) atoms. The molecule has 0 saturated carbocycles. The Hall–Kier alpha value is -3.75. The van der Waals surface area contributed by atoms with Crippen molar-refractivity contribution in [1.82, 2.24) is 20.2 Å². The highest BCUT2D eigenvalue weighted by atomic mass is 32.2. The summed E-state index contributed by atoms with van der Waals surface area (Å²) in [5.74, 6) is 0.859. The van der Waals surface area contributed by atoms with Crippen LogP contribution in [0.2, 0.25) is 0 Å². The van der Waals surface area contributed by atoms with E-state index in [1.165, 1.54) is 23.1 Å². The fraction of sp³-hybridized carbons (Fsp3) is 0.250. The standard InChI is InChI=1S/C32H32N4O2S2/c1-2-20-39-31-26(14-9-17-33-31)32(38)36-18-15-25(16-19-36)30-35-28(22-40-30)29(37)34-21-27(23-10-5-3-6-11-23)24-12-7-4-8-13-24/h2-14,17,22,25,27H,1,15-16,18-21H2,(H,34,37). The topological polar surface area (TPSA) is 75.2 Å². The zero-order chi connectivity index (χ0) is 27.7. The molecule has 0 atom stereocenters. The third-order valence-corrected chi connectivity index (χ3v) is 9.10. The zero-order valence-corrected chi connectivity index (χ0v) is 23.9. The number of carbonyl (C=O) groups excluding carboxylic acids is 2. The van der Waals surface area contributed by atoms with E-state index < -0.39 is 0 Å². The van der Waals surface area contributed by atoms with Crippen LogP contribution in [-0.2, 0) is 0 Å². The predicted molar refractivity (Wildman–Crippen MR) is 162 cm³/mol. The lowest BCUT2D eigenvalue weighted by Gasteiger charge is -2.31. The summed E-state index contributed by atoms with van der Waals surface area (Å²) in [6.07, 6.45) is 5.17. The highest BCUT2D eigenvalue weighted by Crippen LogP contribution is 2.32. The molecule has 2 aromatic heterocycles. The molecule has 0 unspecified atom stereocenters. The first kappa shape index (κ1) is 27.8.